The van der Waals surface area contributed by atoms with Gasteiger partial charge in [-0.2, -0.15) is 0 Å². The van der Waals surface area contributed by atoms with E-state index in [9.17, 15) is 9.90 Å². The quantitative estimate of drug-likeness (QED) is 0.418. The van der Waals surface area contributed by atoms with Gasteiger partial charge in [0.1, 0.15) is 11.5 Å². The first kappa shape index (κ1) is 18.6. The third-order valence-corrected chi connectivity index (χ3v) is 3.86. The lowest BCUT2D eigenvalue weighted by Gasteiger charge is -2.09. The minimum Gasteiger partial charge on any atom is -0.494 e. The highest BCUT2D eigenvalue weighted by Crippen LogP contribution is 2.21. The lowest BCUT2D eigenvalue weighted by molar-refractivity contribution is -0.134. The number of aliphatic carboxylic acids is 1. The van der Waals surface area contributed by atoms with Crippen LogP contribution in [0.4, 0.5) is 0 Å². The highest BCUT2D eigenvalue weighted by molar-refractivity contribution is 5.90. The van der Waals surface area contributed by atoms with Crippen LogP contribution in [0.1, 0.15) is 36.5 Å². The third kappa shape index (κ3) is 5.68. The van der Waals surface area contributed by atoms with E-state index in [-0.39, 0.29) is 5.76 Å². The maximum atomic E-state index is 11.5. The van der Waals surface area contributed by atoms with Crippen LogP contribution >= 0.6 is 0 Å². The fourth-order valence-corrected chi connectivity index (χ4v) is 2.21. The van der Waals surface area contributed by atoms with Crippen molar-refractivity contribution in [2.75, 3.05) is 6.61 Å². The van der Waals surface area contributed by atoms with E-state index in [4.69, 9.17) is 9.47 Å². The Kier molecular flexibility index (Phi) is 6.63. The van der Waals surface area contributed by atoms with Gasteiger partial charge in [0, 0.05) is 0 Å². The van der Waals surface area contributed by atoms with Crippen LogP contribution in [0.5, 0.6) is 11.5 Å². The monoisotopic (exact) mass is 340 g/mol. The number of ether oxygens (including phenoxy) is 2. The van der Waals surface area contributed by atoms with Crippen LogP contribution in [0.15, 0.2) is 48.2 Å². The number of rotatable bonds is 8. The molecule has 0 fully saturated rings. The molecule has 2 aromatic carbocycles. The van der Waals surface area contributed by atoms with Crippen LogP contribution in [0.25, 0.3) is 6.08 Å². The van der Waals surface area contributed by atoms with Crippen molar-refractivity contribution in [1.82, 2.24) is 0 Å². The molecule has 0 radical (unpaired) electrons. The number of hydrogen-bond acceptors (Lipinski definition) is 3. The number of carboxylic acids is 1. The fourth-order valence-electron chi connectivity index (χ4n) is 2.21. The van der Waals surface area contributed by atoms with Crippen LogP contribution < -0.4 is 9.47 Å². The summed E-state index contributed by atoms with van der Waals surface area (Å²) in [5.41, 5.74) is 3.06. The molecule has 0 atom stereocenters. The van der Waals surface area contributed by atoms with Crippen molar-refractivity contribution in [2.24, 2.45) is 0 Å². The molecular weight excluding hydrogens is 316 g/mol. The van der Waals surface area contributed by atoms with Crippen molar-refractivity contribution in [3.63, 3.8) is 0 Å². The first-order valence-electron chi connectivity index (χ1n) is 8.42. The van der Waals surface area contributed by atoms with Crippen molar-refractivity contribution < 1.29 is 19.4 Å². The van der Waals surface area contributed by atoms with Crippen molar-refractivity contribution >= 4 is 12.0 Å². The zero-order valence-electron chi connectivity index (χ0n) is 14.9. The van der Waals surface area contributed by atoms with Gasteiger partial charge in [0.05, 0.1) is 6.61 Å². The first-order chi connectivity index (χ1) is 12.0. The molecule has 0 bridgehead atoms. The summed E-state index contributed by atoms with van der Waals surface area (Å²) in [6.45, 7) is 6.78. The van der Waals surface area contributed by atoms with E-state index in [0.717, 1.165) is 35.3 Å². The second-order valence-electron chi connectivity index (χ2n) is 5.93. The summed E-state index contributed by atoms with van der Waals surface area (Å²) in [5.74, 6) is -0.0273. The van der Waals surface area contributed by atoms with Gasteiger partial charge in [-0.25, -0.2) is 4.79 Å². The molecule has 0 aliphatic heterocycles. The molecule has 25 heavy (non-hydrogen) atoms. The van der Waals surface area contributed by atoms with Crippen molar-refractivity contribution in [3.8, 4) is 11.5 Å². The summed E-state index contributed by atoms with van der Waals surface area (Å²) < 4.78 is 11.1. The first-order valence-corrected chi connectivity index (χ1v) is 8.42. The van der Waals surface area contributed by atoms with Gasteiger partial charge in [-0.05, 0) is 67.3 Å². The molecule has 0 aliphatic carbocycles. The van der Waals surface area contributed by atoms with E-state index >= 15 is 0 Å². The van der Waals surface area contributed by atoms with Gasteiger partial charge in [-0.1, -0.05) is 31.5 Å². The van der Waals surface area contributed by atoms with Gasteiger partial charge < -0.3 is 14.6 Å². The van der Waals surface area contributed by atoms with E-state index in [1.807, 2.05) is 32.0 Å². The van der Waals surface area contributed by atoms with Gasteiger partial charge >= 0.3 is 5.97 Å². The lowest BCUT2D eigenvalue weighted by atomic mass is 10.1. The molecule has 2 aromatic rings. The van der Waals surface area contributed by atoms with Gasteiger partial charge in [0.15, 0.2) is 0 Å². The summed E-state index contributed by atoms with van der Waals surface area (Å²) in [5, 5.41) is 9.40. The predicted octanol–water partition coefficient (Wildman–Crippen LogP) is 4.99. The molecule has 0 aromatic heterocycles. The van der Waals surface area contributed by atoms with Gasteiger partial charge in [0.2, 0.25) is 5.76 Å². The molecule has 0 spiro atoms. The number of unbranched alkanes of at least 4 members (excludes halogenated alkanes) is 1. The minimum absolute atomic E-state index is 0.122. The van der Waals surface area contributed by atoms with E-state index in [1.165, 1.54) is 6.08 Å². The average Bonchev–Trinajstić information content (AvgIpc) is 2.59. The normalized spacial score (nSPS) is 11.2. The van der Waals surface area contributed by atoms with Crippen LogP contribution in [0.3, 0.4) is 0 Å². The van der Waals surface area contributed by atoms with Crippen LogP contribution in [-0.2, 0) is 4.79 Å². The van der Waals surface area contributed by atoms with Crippen molar-refractivity contribution in [1.29, 1.82) is 0 Å². The highest BCUT2D eigenvalue weighted by atomic mass is 16.5. The number of benzene rings is 2. The summed E-state index contributed by atoms with van der Waals surface area (Å²) in [6.07, 6.45) is 3.60. The Morgan fingerprint density at radius 1 is 1.04 bits per heavy atom. The van der Waals surface area contributed by atoms with Gasteiger partial charge in [0.25, 0.3) is 0 Å². The van der Waals surface area contributed by atoms with Crippen molar-refractivity contribution in [2.45, 2.75) is 33.6 Å². The summed E-state index contributed by atoms with van der Waals surface area (Å²) >= 11 is 0. The van der Waals surface area contributed by atoms with E-state index in [1.54, 1.807) is 24.3 Å². The van der Waals surface area contributed by atoms with E-state index in [0.29, 0.717) is 12.4 Å². The zero-order chi connectivity index (χ0) is 18.2. The predicted molar refractivity (Wildman–Crippen MR) is 99.0 cm³/mol. The Hall–Kier alpha value is -2.75. The van der Waals surface area contributed by atoms with E-state index in [2.05, 4.69) is 6.92 Å². The van der Waals surface area contributed by atoms with Gasteiger partial charge in [-0.15, -0.1) is 0 Å². The molecule has 0 aliphatic rings. The molecule has 0 saturated carbocycles. The van der Waals surface area contributed by atoms with Crippen LogP contribution in [0.2, 0.25) is 0 Å². The zero-order valence-corrected chi connectivity index (χ0v) is 14.9. The summed E-state index contributed by atoms with van der Waals surface area (Å²) in [6, 6.07) is 12.7. The SMILES string of the molecule is CCCCOc1ccc(OC(=Cc2ccc(C)c(C)c2)C(=O)O)cc1. The second kappa shape index (κ2) is 8.92. The maximum Gasteiger partial charge on any atom is 0.371 e. The average molecular weight is 340 g/mol. The summed E-state index contributed by atoms with van der Waals surface area (Å²) in [7, 11) is 0. The van der Waals surface area contributed by atoms with Crippen LogP contribution in [-0.4, -0.2) is 17.7 Å². The molecule has 2 rings (SSSR count). The maximum absolute atomic E-state index is 11.5. The number of hydrogen-bond donors (Lipinski definition) is 1. The Morgan fingerprint density at radius 3 is 2.32 bits per heavy atom. The molecule has 4 nitrogen and oxygen atoms in total. The van der Waals surface area contributed by atoms with E-state index < -0.39 is 5.97 Å². The standard InChI is InChI=1S/C21H24O4/c1-4-5-12-24-18-8-10-19(11-9-18)25-20(21(22)23)14-17-7-6-15(2)16(3)13-17/h6-11,13-14H,4-5,12H2,1-3H3,(H,22,23). The molecule has 0 unspecified atom stereocenters. The second-order valence-corrected chi connectivity index (χ2v) is 5.93. The Balaban J connectivity index is 2.12. The Labute approximate surface area is 148 Å². The molecule has 4 heteroatoms. The minimum atomic E-state index is -1.11. The number of carboxylic acid groups (broad SMARTS) is 1. The number of carbonyl (C=O) groups is 1. The molecule has 0 saturated heterocycles. The Bertz CT molecular complexity index is 745. The lowest BCUT2D eigenvalue weighted by Crippen LogP contribution is -2.07. The molecule has 0 amide bonds. The topological polar surface area (TPSA) is 55.8 Å². The molecule has 0 heterocycles. The number of aryl methyl sites for hydroxylation is 2. The van der Waals surface area contributed by atoms with Crippen LogP contribution in [0, 0.1) is 13.8 Å². The Morgan fingerprint density at radius 2 is 1.72 bits per heavy atom. The largest absolute Gasteiger partial charge is 0.494 e. The molecule has 132 valence electrons. The molecular formula is C21H24O4. The van der Waals surface area contributed by atoms with Gasteiger partial charge in [-0.3, -0.25) is 0 Å². The summed E-state index contributed by atoms with van der Waals surface area (Å²) in [4.78, 5) is 11.5. The highest BCUT2D eigenvalue weighted by Gasteiger charge is 2.11. The molecule has 1 N–H and O–H groups in total. The third-order valence-electron chi connectivity index (χ3n) is 3.86. The fraction of sp³-hybridized carbons (Fsp3) is 0.286. The van der Waals surface area contributed by atoms with Crippen molar-refractivity contribution in [3.05, 3.63) is 64.9 Å². The smallest absolute Gasteiger partial charge is 0.371 e.